The Hall–Kier alpha value is -1.62. The van der Waals surface area contributed by atoms with Crippen molar-refractivity contribution in [2.75, 3.05) is 6.54 Å². The number of nitrogens with two attached hydrogens (primary N) is 1. The molecule has 18 heavy (non-hydrogen) atoms. The Labute approximate surface area is 105 Å². The van der Waals surface area contributed by atoms with E-state index >= 15 is 0 Å². The summed E-state index contributed by atoms with van der Waals surface area (Å²) in [7, 11) is 0. The SMILES string of the molecule is NCC1(c2nc(-c3ccoc3)no2)CCCCC1. The summed E-state index contributed by atoms with van der Waals surface area (Å²) in [5.74, 6) is 1.26. The van der Waals surface area contributed by atoms with Crippen LogP contribution in [0.15, 0.2) is 27.5 Å². The predicted molar refractivity (Wildman–Crippen MR) is 65.8 cm³/mol. The topological polar surface area (TPSA) is 78.1 Å². The van der Waals surface area contributed by atoms with Crippen molar-refractivity contribution in [2.24, 2.45) is 5.73 Å². The first-order chi connectivity index (χ1) is 8.84. The largest absolute Gasteiger partial charge is 0.472 e. The van der Waals surface area contributed by atoms with Crippen LogP contribution in [-0.2, 0) is 5.41 Å². The van der Waals surface area contributed by atoms with E-state index in [0.29, 0.717) is 18.3 Å². The lowest BCUT2D eigenvalue weighted by molar-refractivity contribution is 0.220. The van der Waals surface area contributed by atoms with E-state index in [-0.39, 0.29) is 5.41 Å². The third-order valence-electron chi connectivity index (χ3n) is 3.86. The van der Waals surface area contributed by atoms with Crippen LogP contribution in [-0.4, -0.2) is 16.7 Å². The number of aromatic nitrogens is 2. The van der Waals surface area contributed by atoms with Gasteiger partial charge in [0.15, 0.2) is 0 Å². The molecule has 1 aliphatic carbocycles. The van der Waals surface area contributed by atoms with Crippen molar-refractivity contribution in [1.29, 1.82) is 0 Å². The molecule has 0 aromatic carbocycles. The van der Waals surface area contributed by atoms with Gasteiger partial charge in [0.2, 0.25) is 11.7 Å². The van der Waals surface area contributed by atoms with Crippen molar-refractivity contribution in [3.8, 4) is 11.4 Å². The highest BCUT2D eigenvalue weighted by Crippen LogP contribution is 2.38. The molecule has 1 fully saturated rings. The molecule has 0 amide bonds. The molecule has 0 radical (unpaired) electrons. The summed E-state index contributed by atoms with van der Waals surface area (Å²) in [6.07, 6.45) is 8.92. The predicted octanol–water partition coefficient (Wildman–Crippen LogP) is 2.49. The number of rotatable bonds is 3. The minimum Gasteiger partial charge on any atom is -0.472 e. The molecule has 0 unspecified atom stereocenters. The first-order valence-electron chi connectivity index (χ1n) is 6.41. The Morgan fingerprint density at radius 2 is 2.11 bits per heavy atom. The first kappa shape index (κ1) is 11.5. The third-order valence-corrected chi connectivity index (χ3v) is 3.86. The lowest BCUT2D eigenvalue weighted by atomic mass is 9.74. The van der Waals surface area contributed by atoms with E-state index in [2.05, 4.69) is 10.1 Å². The van der Waals surface area contributed by atoms with Crippen molar-refractivity contribution in [3.63, 3.8) is 0 Å². The third kappa shape index (κ3) is 1.84. The Kier molecular flexibility index (Phi) is 2.91. The fourth-order valence-electron chi connectivity index (χ4n) is 2.68. The van der Waals surface area contributed by atoms with Crippen molar-refractivity contribution >= 4 is 0 Å². The van der Waals surface area contributed by atoms with Crippen LogP contribution < -0.4 is 5.73 Å². The van der Waals surface area contributed by atoms with Gasteiger partial charge in [0, 0.05) is 6.54 Å². The quantitative estimate of drug-likeness (QED) is 0.901. The molecule has 2 aromatic rings. The van der Waals surface area contributed by atoms with Crippen LogP contribution in [0.25, 0.3) is 11.4 Å². The zero-order chi connectivity index (χ0) is 12.4. The van der Waals surface area contributed by atoms with Gasteiger partial charge >= 0.3 is 0 Å². The Morgan fingerprint density at radius 3 is 2.78 bits per heavy atom. The molecule has 96 valence electrons. The highest BCUT2D eigenvalue weighted by atomic mass is 16.5. The van der Waals surface area contributed by atoms with Gasteiger partial charge in [0.25, 0.3) is 0 Å². The Bertz CT molecular complexity index is 498. The lowest BCUT2D eigenvalue weighted by Crippen LogP contribution is -2.37. The standard InChI is InChI=1S/C13H17N3O2/c14-9-13(5-2-1-3-6-13)12-15-11(16-18-12)10-4-7-17-8-10/h4,7-8H,1-3,5-6,9,14H2. The summed E-state index contributed by atoms with van der Waals surface area (Å²) in [4.78, 5) is 4.50. The smallest absolute Gasteiger partial charge is 0.234 e. The van der Waals surface area contributed by atoms with E-state index in [1.165, 1.54) is 19.3 Å². The summed E-state index contributed by atoms with van der Waals surface area (Å²) in [6.45, 7) is 0.569. The Balaban J connectivity index is 1.92. The number of furan rings is 1. The average molecular weight is 247 g/mol. The molecule has 0 spiro atoms. The minimum atomic E-state index is -0.118. The number of hydrogen-bond donors (Lipinski definition) is 1. The van der Waals surface area contributed by atoms with Crippen LogP contribution in [0.1, 0.15) is 38.0 Å². The van der Waals surface area contributed by atoms with Gasteiger partial charge in [0.1, 0.15) is 6.26 Å². The highest BCUT2D eigenvalue weighted by molar-refractivity contribution is 5.51. The van der Waals surface area contributed by atoms with Crippen LogP contribution >= 0.6 is 0 Å². The van der Waals surface area contributed by atoms with Crippen LogP contribution in [0.3, 0.4) is 0 Å². The van der Waals surface area contributed by atoms with Gasteiger partial charge in [-0.25, -0.2) is 0 Å². The molecule has 0 atom stereocenters. The average Bonchev–Trinajstić information content (AvgIpc) is 3.10. The summed E-state index contributed by atoms with van der Waals surface area (Å²) < 4.78 is 10.5. The van der Waals surface area contributed by atoms with E-state index in [1.807, 2.05) is 6.07 Å². The molecule has 2 aromatic heterocycles. The Morgan fingerprint density at radius 1 is 1.28 bits per heavy atom. The van der Waals surface area contributed by atoms with E-state index in [9.17, 15) is 0 Å². The van der Waals surface area contributed by atoms with Crippen molar-refractivity contribution < 1.29 is 8.94 Å². The molecule has 1 saturated carbocycles. The molecular formula is C13H17N3O2. The normalized spacial score (nSPS) is 18.9. The van der Waals surface area contributed by atoms with Crippen molar-refractivity contribution in [3.05, 3.63) is 24.5 Å². The zero-order valence-corrected chi connectivity index (χ0v) is 10.3. The fourth-order valence-corrected chi connectivity index (χ4v) is 2.68. The summed E-state index contributed by atoms with van der Waals surface area (Å²) in [6, 6.07) is 1.82. The molecule has 1 aliphatic rings. The van der Waals surface area contributed by atoms with Gasteiger partial charge in [-0.3, -0.25) is 0 Å². The van der Waals surface area contributed by atoms with Gasteiger partial charge in [0.05, 0.1) is 17.2 Å². The second-order valence-electron chi connectivity index (χ2n) is 4.98. The molecule has 0 bridgehead atoms. The summed E-state index contributed by atoms with van der Waals surface area (Å²) >= 11 is 0. The molecular weight excluding hydrogens is 230 g/mol. The summed E-state index contributed by atoms with van der Waals surface area (Å²) in [5.41, 5.74) is 6.67. The molecule has 3 rings (SSSR count). The molecule has 5 nitrogen and oxygen atoms in total. The molecule has 0 aliphatic heterocycles. The van der Waals surface area contributed by atoms with E-state index in [1.54, 1.807) is 12.5 Å². The molecule has 2 N–H and O–H groups in total. The van der Waals surface area contributed by atoms with Gasteiger partial charge < -0.3 is 14.7 Å². The van der Waals surface area contributed by atoms with Gasteiger partial charge in [-0.15, -0.1) is 0 Å². The monoisotopic (exact) mass is 247 g/mol. The second-order valence-corrected chi connectivity index (χ2v) is 4.98. The van der Waals surface area contributed by atoms with Gasteiger partial charge in [-0.1, -0.05) is 24.4 Å². The lowest BCUT2D eigenvalue weighted by Gasteiger charge is -2.32. The molecule has 2 heterocycles. The van der Waals surface area contributed by atoms with E-state index in [0.717, 1.165) is 18.4 Å². The van der Waals surface area contributed by atoms with E-state index < -0.39 is 0 Å². The zero-order valence-electron chi connectivity index (χ0n) is 10.3. The van der Waals surface area contributed by atoms with Crippen molar-refractivity contribution in [1.82, 2.24) is 10.1 Å². The van der Waals surface area contributed by atoms with Crippen LogP contribution in [0.5, 0.6) is 0 Å². The number of nitrogens with zero attached hydrogens (tertiary/aromatic N) is 2. The minimum absolute atomic E-state index is 0.118. The maximum atomic E-state index is 5.95. The van der Waals surface area contributed by atoms with Crippen LogP contribution in [0.2, 0.25) is 0 Å². The number of hydrogen-bond acceptors (Lipinski definition) is 5. The highest BCUT2D eigenvalue weighted by Gasteiger charge is 2.38. The van der Waals surface area contributed by atoms with Crippen molar-refractivity contribution in [2.45, 2.75) is 37.5 Å². The van der Waals surface area contributed by atoms with Crippen LogP contribution in [0.4, 0.5) is 0 Å². The first-order valence-corrected chi connectivity index (χ1v) is 6.41. The molecule has 5 heteroatoms. The maximum Gasteiger partial charge on any atom is 0.234 e. The fraction of sp³-hybridized carbons (Fsp3) is 0.538. The maximum absolute atomic E-state index is 5.95. The van der Waals surface area contributed by atoms with Gasteiger partial charge in [-0.05, 0) is 18.9 Å². The summed E-state index contributed by atoms with van der Waals surface area (Å²) in [5, 5.41) is 4.03. The second kappa shape index (κ2) is 4.57. The van der Waals surface area contributed by atoms with Gasteiger partial charge in [-0.2, -0.15) is 4.98 Å². The van der Waals surface area contributed by atoms with E-state index in [4.69, 9.17) is 14.7 Å². The molecule has 0 saturated heterocycles. The van der Waals surface area contributed by atoms with Crippen LogP contribution in [0, 0.1) is 0 Å².